The Morgan fingerprint density at radius 3 is 2.10 bits per heavy atom. The summed E-state index contributed by atoms with van der Waals surface area (Å²) in [5.74, 6) is -4.08. The number of rotatable bonds is 11. The van der Waals surface area contributed by atoms with Crippen LogP contribution in [0.15, 0.2) is 48.7 Å². The molecule has 2 amide bonds. The largest absolute Gasteiger partial charge is 0.490 e. The van der Waals surface area contributed by atoms with Gasteiger partial charge in [0.1, 0.15) is 6.54 Å². The molecular weight excluding hydrogens is 581 g/mol. The molecule has 0 saturated carbocycles. The van der Waals surface area contributed by atoms with Crippen molar-refractivity contribution in [2.45, 2.75) is 44.6 Å². The highest BCUT2D eigenvalue weighted by Gasteiger charge is 2.38. The van der Waals surface area contributed by atoms with Crippen LogP contribution >= 0.6 is 0 Å². The summed E-state index contributed by atoms with van der Waals surface area (Å²) >= 11 is 0. The van der Waals surface area contributed by atoms with E-state index >= 15 is 0 Å². The average molecular weight is 606 g/mol. The molecule has 2 aromatic heterocycles. The maximum atomic E-state index is 12.8. The molecule has 3 rings (SSSR count). The van der Waals surface area contributed by atoms with Crippen LogP contribution in [0.1, 0.15) is 51.5 Å². The van der Waals surface area contributed by atoms with Crippen LogP contribution in [0.2, 0.25) is 0 Å². The molecule has 3 aromatic rings. The van der Waals surface area contributed by atoms with Gasteiger partial charge in [-0.2, -0.15) is 26.3 Å². The van der Waals surface area contributed by atoms with Crippen LogP contribution in [0.5, 0.6) is 0 Å². The molecule has 0 atom stereocenters. The fourth-order valence-corrected chi connectivity index (χ4v) is 3.27. The van der Waals surface area contributed by atoms with Gasteiger partial charge in [0, 0.05) is 11.8 Å². The van der Waals surface area contributed by atoms with Gasteiger partial charge in [-0.25, -0.2) is 9.48 Å². The molecule has 0 aliphatic heterocycles. The van der Waals surface area contributed by atoms with Crippen molar-refractivity contribution in [3.8, 4) is 5.69 Å². The van der Waals surface area contributed by atoms with Crippen LogP contribution in [0.3, 0.4) is 0 Å². The van der Waals surface area contributed by atoms with Crippen molar-refractivity contribution in [3.05, 3.63) is 71.3 Å². The average Bonchev–Trinajstić information content (AvgIpc) is 3.36. The lowest BCUT2D eigenvalue weighted by Crippen LogP contribution is -2.33. The molecule has 0 aliphatic carbocycles. The highest BCUT2D eigenvalue weighted by Crippen LogP contribution is 2.18. The number of halogens is 7. The first-order chi connectivity index (χ1) is 19.7. The normalized spacial score (nSPS) is 11.3. The predicted molar refractivity (Wildman–Crippen MR) is 132 cm³/mol. The Bertz CT molecular complexity index is 1310. The Labute approximate surface area is 233 Å². The summed E-state index contributed by atoms with van der Waals surface area (Å²) < 4.78 is 82.7. The minimum absolute atomic E-state index is 0.0379. The van der Waals surface area contributed by atoms with Crippen LogP contribution in [-0.2, 0) is 17.8 Å². The molecule has 0 unspecified atom stereocenters. The standard InChI is InChI=1S/C23H24F4N6O2.C2HF3O2/c24-12-4-1-2-7-19-20(22(35)29-14-17-6-3-5-13-28-17)31-32-33(19)18-10-8-16(9-11-18)21(34)30-15-23(25,26)27;3-2(4,5)1(6)7/h3,5-6,8-11,13H,1-2,4,7,12,14-15H2,(H,29,35)(H,30,34);(H,6,7). The molecule has 3 N–H and O–H groups in total. The van der Waals surface area contributed by atoms with Crippen LogP contribution in [0.25, 0.3) is 5.69 Å². The topological polar surface area (TPSA) is 139 Å². The molecule has 10 nitrogen and oxygen atoms in total. The predicted octanol–water partition coefficient (Wildman–Crippen LogP) is 4.20. The quantitative estimate of drug-likeness (QED) is 0.220. The minimum atomic E-state index is -5.08. The van der Waals surface area contributed by atoms with Gasteiger partial charge in [-0.1, -0.05) is 17.7 Å². The van der Waals surface area contributed by atoms with Gasteiger partial charge in [-0.3, -0.25) is 19.0 Å². The number of nitrogens with one attached hydrogen (secondary N) is 2. The van der Waals surface area contributed by atoms with E-state index in [0.717, 1.165) is 0 Å². The fraction of sp³-hybridized carbons (Fsp3) is 0.360. The zero-order chi connectivity index (χ0) is 31.3. The maximum Gasteiger partial charge on any atom is 0.490 e. The number of unbranched alkanes of at least 4 members (excludes halogenated alkanes) is 2. The van der Waals surface area contributed by atoms with Gasteiger partial charge >= 0.3 is 18.3 Å². The molecule has 42 heavy (non-hydrogen) atoms. The van der Waals surface area contributed by atoms with E-state index in [1.54, 1.807) is 24.4 Å². The van der Waals surface area contributed by atoms with E-state index in [1.165, 1.54) is 28.9 Å². The van der Waals surface area contributed by atoms with Gasteiger partial charge in [0.15, 0.2) is 5.69 Å². The van der Waals surface area contributed by atoms with E-state index in [9.17, 15) is 40.3 Å². The molecule has 17 heteroatoms. The molecule has 0 bridgehead atoms. The van der Waals surface area contributed by atoms with Crippen LogP contribution < -0.4 is 10.6 Å². The third-order valence-corrected chi connectivity index (χ3v) is 5.25. The monoisotopic (exact) mass is 606 g/mol. The number of nitrogens with zero attached hydrogens (tertiary/aromatic N) is 4. The molecule has 2 heterocycles. The molecule has 0 aliphatic rings. The van der Waals surface area contributed by atoms with Gasteiger partial charge in [0.05, 0.1) is 30.3 Å². The van der Waals surface area contributed by atoms with E-state index in [-0.39, 0.29) is 17.8 Å². The first kappa shape index (κ1) is 33.6. The number of benzene rings is 1. The van der Waals surface area contributed by atoms with Gasteiger partial charge in [-0.15, -0.1) is 5.10 Å². The summed E-state index contributed by atoms with van der Waals surface area (Å²) in [6.07, 6.45) is -6.00. The number of carbonyl (C=O) groups is 3. The van der Waals surface area contributed by atoms with E-state index in [2.05, 4.69) is 20.6 Å². The second-order valence-electron chi connectivity index (χ2n) is 8.45. The Balaban J connectivity index is 0.000000782. The Kier molecular flexibility index (Phi) is 12.4. The Hall–Kier alpha value is -4.57. The SMILES string of the molecule is O=C(NCC(F)(F)F)c1ccc(-n2nnc(C(=O)NCc3ccccn3)c2CCCCCF)cc1.O=C(O)C(F)(F)F. The summed E-state index contributed by atoms with van der Waals surface area (Å²) in [5, 5.41) is 19.8. The van der Waals surface area contributed by atoms with Gasteiger partial charge in [0.25, 0.3) is 11.8 Å². The lowest BCUT2D eigenvalue weighted by Gasteiger charge is -2.10. The molecule has 0 fully saturated rings. The number of carboxylic acids is 1. The molecule has 0 radical (unpaired) electrons. The van der Waals surface area contributed by atoms with E-state index in [1.807, 2.05) is 5.32 Å². The highest BCUT2D eigenvalue weighted by atomic mass is 19.4. The lowest BCUT2D eigenvalue weighted by molar-refractivity contribution is -0.192. The number of hydrogen-bond donors (Lipinski definition) is 3. The van der Waals surface area contributed by atoms with Gasteiger partial charge < -0.3 is 15.7 Å². The van der Waals surface area contributed by atoms with Crippen molar-refractivity contribution < 1.29 is 50.2 Å². The summed E-state index contributed by atoms with van der Waals surface area (Å²) in [6.45, 7) is -1.68. The summed E-state index contributed by atoms with van der Waals surface area (Å²) in [7, 11) is 0. The van der Waals surface area contributed by atoms with E-state index < -0.39 is 43.4 Å². The third kappa shape index (κ3) is 11.1. The zero-order valence-electron chi connectivity index (χ0n) is 21.7. The smallest absolute Gasteiger partial charge is 0.475 e. The van der Waals surface area contributed by atoms with Gasteiger partial charge in [0.2, 0.25) is 0 Å². The van der Waals surface area contributed by atoms with Crippen molar-refractivity contribution >= 4 is 17.8 Å². The molecular formula is C25H25F7N6O4. The lowest BCUT2D eigenvalue weighted by atomic mass is 10.1. The second kappa shape index (κ2) is 15.4. The number of aliphatic carboxylic acids is 1. The van der Waals surface area contributed by atoms with Crippen molar-refractivity contribution in [1.82, 2.24) is 30.6 Å². The highest BCUT2D eigenvalue weighted by molar-refractivity contribution is 5.94. The second-order valence-corrected chi connectivity index (χ2v) is 8.45. The number of aromatic nitrogens is 4. The van der Waals surface area contributed by atoms with Crippen molar-refractivity contribution in [2.24, 2.45) is 0 Å². The molecule has 0 saturated heterocycles. The zero-order valence-corrected chi connectivity index (χ0v) is 21.7. The van der Waals surface area contributed by atoms with Crippen LogP contribution in [0, 0.1) is 0 Å². The number of hydrogen-bond acceptors (Lipinski definition) is 6. The van der Waals surface area contributed by atoms with Crippen LogP contribution in [0.4, 0.5) is 30.7 Å². The summed E-state index contributed by atoms with van der Waals surface area (Å²) in [5.41, 5.74) is 1.77. The Morgan fingerprint density at radius 1 is 0.881 bits per heavy atom. The third-order valence-electron chi connectivity index (χ3n) is 5.25. The minimum Gasteiger partial charge on any atom is -0.475 e. The molecule has 0 spiro atoms. The summed E-state index contributed by atoms with van der Waals surface area (Å²) in [6, 6.07) is 11.0. The molecule has 228 valence electrons. The fourth-order valence-electron chi connectivity index (χ4n) is 3.27. The number of amides is 2. The number of carbonyl (C=O) groups excluding carboxylic acids is 2. The first-order valence-electron chi connectivity index (χ1n) is 12.2. The van der Waals surface area contributed by atoms with Gasteiger partial charge in [-0.05, 0) is 55.7 Å². The number of pyridine rings is 1. The first-order valence-corrected chi connectivity index (χ1v) is 12.2. The van der Waals surface area contributed by atoms with Crippen molar-refractivity contribution in [1.29, 1.82) is 0 Å². The molecule has 1 aromatic carbocycles. The van der Waals surface area contributed by atoms with E-state index in [0.29, 0.717) is 42.8 Å². The number of carboxylic acid groups (broad SMARTS) is 1. The van der Waals surface area contributed by atoms with Crippen LogP contribution in [-0.4, -0.2) is 68.4 Å². The van der Waals surface area contributed by atoms with Crippen molar-refractivity contribution in [2.75, 3.05) is 13.2 Å². The van der Waals surface area contributed by atoms with E-state index in [4.69, 9.17) is 9.90 Å². The van der Waals surface area contributed by atoms with Crippen molar-refractivity contribution in [3.63, 3.8) is 0 Å². The summed E-state index contributed by atoms with van der Waals surface area (Å²) in [4.78, 5) is 37.8. The maximum absolute atomic E-state index is 12.8. The number of alkyl halides is 7. The Morgan fingerprint density at radius 2 is 1.55 bits per heavy atom.